The van der Waals surface area contributed by atoms with Gasteiger partial charge < -0.3 is 20.1 Å². The summed E-state index contributed by atoms with van der Waals surface area (Å²) in [5.74, 6) is -2.88. The maximum atomic E-state index is 15.1. The van der Waals surface area contributed by atoms with Crippen LogP contribution in [0.5, 0.6) is 0 Å². The Morgan fingerprint density at radius 2 is 1.90 bits per heavy atom. The lowest BCUT2D eigenvalue weighted by Gasteiger charge is -2.31. The van der Waals surface area contributed by atoms with Crippen LogP contribution in [0.1, 0.15) is 74.5 Å². The van der Waals surface area contributed by atoms with Gasteiger partial charge in [-0.25, -0.2) is 0 Å². The molecule has 2 N–H and O–H groups in total. The van der Waals surface area contributed by atoms with E-state index in [9.17, 15) is 9.90 Å². The Morgan fingerprint density at radius 1 is 1.21 bits per heavy atom. The molecule has 1 saturated carbocycles. The fourth-order valence-corrected chi connectivity index (χ4v) is 5.75. The number of amides is 1. The molecule has 2 heterocycles. The van der Waals surface area contributed by atoms with Crippen molar-refractivity contribution in [3.63, 3.8) is 0 Å². The Labute approximate surface area is 227 Å². The zero-order valence-corrected chi connectivity index (χ0v) is 23.5. The molecule has 1 aliphatic heterocycles. The van der Waals surface area contributed by atoms with Crippen LogP contribution in [-0.4, -0.2) is 46.6 Å². The normalized spacial score (nSPS) is 20.5. The Morgan fingerprint density at radius 3 is 2.51 bits per heavy atom. The molecule has 2 aromatic carbocycles. The van der Waals surface area contributed by atoms with E-state index in [0.717, 1.165) is 54.4 Å². The van der Waals surface area contributed by atoms with E-state index in [4.69, 9.17) is 4.74 Å². The summed E-state index contributed by atoms with van der Waals surface area (Å²) in [6, 6.07) is 8.55. The van der Waals surface area contributed by atoms with Gasteiger partial charge in [0.1, 0.15) is 5.60 Å². The summed E-state index contributed by atoms with van der Waals surface area (Å²) in [4.78, 5) is 15.5. The summed E-state index contributed by atoms with van der Waals surface area (Å²) in [5.41, 5.74) is 0.351. The van der Waals surface area contributed by atoms with E-state index in [1.54, 1.807) is 26.2 Å². The zero-order valence-electron chi connectivity index (χ0n) is 23.5. The van der Waals surface area contributed by atoms with E-state index < -0.39 is 23.0 Å². The highest BCUT2D eigenvalue weighted by Gasteiger charge is 2.52. The molecule has 39 heavy (non-hydrogen) atoms. The first-order chi connectivity index (χ1) is 18.2. The summed E-state index contributed by atoms with van der Waals surface area (Å²) < 4.78 is 35.7. The van der Waals surface area contributed by atoms with Crippen molar-refractivity contribution in [3.8, 4) is 0 Å². The molecule has 7 nitrogen and oxygen atoms in total. The fourth-order valence-electron chi connectivity index (χ4n) is 5.75. The molecule has 208 valence electrons. The SMILES string of the molecule is COCC1(C)C(=O)N(C2CC2)c2cc3c(N[C@H](C)c4cccc(C(F)(F)C(C)(C)O)c4C)nnc(C)c3cc21. The fraction of sp³-hybridized carbons (Fsp3) is 0.500. The summed E-state index contributed by atoms with van der Waals surface area (Å²) in [6.45, 7) is 9.83. The molecule has 0 spiro atoms. The van der Waals surface area contributed by atoms with Crippen LogP contribution in [0.15, 0.2) is 30.3 Å². The molecule has 1 aliphatic carbocycles. The molecular weight excluding hydrogens is 502 g/mol. The van der Waals surface area contributed by atoms with Crippen LogP contribution in [0.2, 0.25) is 0 Å². The first-order valence-corrected chi connectivity index (χ1v) is 13.3. The molecule has 2 aliphatic rings. The van der Waals surface area contributed by atoms with Crippen molar-refractivity contribution in [2.45, 2.75) is 83.4 Å². The predicted octanol–water partition coefficient (Wildman–Crippen LogP) is 5.70. The second kappa shape index (κ2) is 9.20. The number of nitrogens with one attached hydrogen (secondary N) is 1. The number of hydrogen-bond acceptors (Lipinski definition) is 6. The van der Waals surface area contributed by atoms with E-state index in [1.165, 1.54) is 6.07 Å². The van der Waals surface area contributed by atoms with Crippen LogP contribution in [-0.2, 0) is 20.9 Å². The van der Waals surface area contributed by atoms with Crippen LogP contribution in [0.4, 0.5) is 20.3 Å². The molecule has 1 aromatic heterocycles. The molecule has 1 amide bonds. The zero-order chi connectivity index (χ0) is 28.5. The van der Waals surface area contributed by atoms with E-state index in [-0.39, 0.29) is 24.1 Å². The molecule has 3 aromatic rings. The van der Waals surface area contributed by atoms with Gasteiger partial charge >= 0.3 is 5.92 Å². The number of benzene rings is 2. The summed E-state index contributed by atoms with van der Waals surface area (Å²) in [6.07, 6.45) is 1.93. The van der Waals surface area contributed by atoms with Crippen molar-refractivity contribution < 1.29 is 23.4 Å². The summed E-state index contributed by atoms with van der Waals surface area (Å²) in [7, 11) is 1.60. The minimum absolute atomic E-state index is 0.0405. The third-order valence-electron chi connectivity index (χ3n) is 8.27. The van der Waals surface area contributed by atoms with Crippen molar-refractivity contribution >= 4 is 28.2 Å². The van der Waals surface area contributed by atoms with Crippen molar-refractivity contribution in [1.82, 2.24) is 10.2 Å². The van der Waals surface area contributed by atoms with Crippen LogP contribution >= 0.6 is 0 Å². The maximum Gasteiger partial charge on any atom is 0.300 e. The third-order valence-corrected chi connectivity index (χ3v) is 8.27. The van der Waals surface area contributed by atoms with Crippen LogP contribution in [0.25, 0.3) is 10.8 Å². The van der Waals surface area contributed by atoms with Gasteiger partial charge in [-0.1, -0.05) is 18.2 Å². The molecule has 2 atom stereocenters. The number of anilines is 2. The number of nitrogens with zero attached hydrogens (tertiary/aromatic N) is 3. The van der Waals surface area contributed by atoms with Gasteiger partial charge in [-0.15, -0.1) is 5.10 Å². The van der Waals surface area contributed by atoms with E-state index in [2.05, 4.69) is 15.5 Å². The number of halogens is 2. The van der Waals surface area contributed by atoms with Gasteiger partial charge in [0.15, 0.2) is 5.82 Å². The van der Waals surface area contributed by atoms with Gasteiger partial charge in [-0.05, 0) is 83.2 Å². The number of ether oxygens (including phenoxy) is 1. The molecule has 1 fully saturated rings. The first kappa shape index (κ1) is 27.4. The van der Waals surface area contributed by atoms with Crippen LogP contribution in [0.3, 0.4) is 0 Å². The smallest absolute Gasteiger partial charge is 0.300 e. The molecular formula is C30H36F2N4O3. The highest BCUT2D eigenvalue weighted by atomic mass is 19.3. The number of carbonyl (C=O) groups is 1. The Hall–Kier alpha value is -3.17. The van der Waals surface area contributed by atoms with Gasteiger partial charge in [0.25, 0.3) is 0 Å². The van der Waals surface area contributed by atoms with Gasteiger partial charge in [0, 0.05) is 35.2 Å². The number of aromatic nitrogens is 2. The number of fused-ring (bicyclic) bond motifs is 2. The highest BCUT2D eigenvalue weighted by molar-refractivity contribution is 6.12. The quantitative estimate of drug-likeness (QED) is 0.383. The Kier molecular flexibility index (Phi) is 6.46. The van der Waals surface area contributed by atoms with E-state index in [1.807, 2.05) is 37.8 Å². The van der Waals surface area contributed by atoms with Crippen LogP contribution < -0.4 is 10.2 Å². The summed E-state index contributed by atoms with van der Waals surface area (Å²) in [5, 5.41) is 24.0. The second-order valence-electron chi connectivity index (χ2n) is 11.7. The average Bonchev–Trinajstić information content (AvgIpc) is 3.67. The van der Waals surface area contributed by atoms with Gasteiger partial charge in [-0.3, -0.25) is 4.79 Å². The lowest BCUT2D eigenvalue weighted by Crippen LogP contribution is -2.42. The van der Waals surface area contributed by atoms with Crippen molar-refractivity contribution in [2.75, 3.05) is 23.9 Å². The number of carbonyl (C=O) groups excluding carboxylic acids is 1. The largest absolute Gasteiger partial charge is 0.384 e. The van der Waals surface area contributed by atoms with Crippen LogP contribution in [0, 0.1) is 13.8 Å². The molecule has 0 radical (unpaired) electrons. The predicted molar refractivity (Wildman–Crippen MR) is 147 cm³/mol. The monoisotopic (exact) mass is 538 g/mol. The van der Waals surface area contributed by atoms with Gasteiger partial charge in [-0.2, -0.15) is 13.9 Å². The van der Waals surface area contributed by atoms with Gasteiger partial charge in [0.05, 0.1) is 23.8 Å². The minimum atomic E-state index is -3.43. The average molecular weight is 539 g/mol. The molecule has 1 unspecified atom stereocenters. The van der Waals surface area contributed by atoms with E-state index in [0.29, 0.717) is 16.9 Å². The lowest BCUT2D eigenvalue weighted by molar-refractivity contribution is -0.168. The van der Waals surface area contributed by atoms with Crippen molar-refractivity contribution in [2.24, 2.45) is 0 Å². The first-order valence-electron chi connectivity index (χ1n) is 13.3. The Bertz CT molecular complexity index is 1460. The second-order valence-corrected chi connectivity index (χ2v) is 11.7. The topological polar surface area (TPSA) is 87.6 Å². The van der Waals surface area contributed by atoms with Gasteiger partial charge in [0.2, 0.25) is 5.91 Å². The molecule has 5 rings (SSSR count). The number of aryl methyl sites for hydroxylation is 1. The Balaban J connectivity index is 1.59. The highest BCUT2D eigenvalue weighted by Crippen LogP contribution is 2.49. The minimum Gasteiger partial charge on any atom is -0.384 e. The summed E-state index contributed by atoms with van der Waals surface area (Å²) >= 11 is 0. The number of rotatable bonds is 8. The lowest BCUT2D eigenvalue weighted by atomic mass is 9.83. The standard InChI is InChI=1S/C30H36F2N4O3/c1-16-20(9-8-10-23(16)30(31,32)28(4,5)38)17(2)33-26-22-14-25-24(13-21(22)18(3)34-35-26)29(6,15-39-7)27(37)36(25)19-11-12-19/h8-10,13-14,17,19,38H,11-12,15H2,1-7H3,(H,33,35)/t17-,29?/m1/s1. The number of alkyl halides is 2. The van der Waals surface area contributed by atoms with Crippen molar-refractivity contribution in [1.29, 1.82) is 0 Å². The molecule has 0 bridgehead atoms. The third kappa shape index (κ3) is 4.26. The van der Waals surface area contributed by atoms with Crippen molar-refractivity contribution in [3.05, 3.63) is 58.3 Å². The molecule has 0 saturated heterocycles. The van der Waals surface area contributed by atoms with E-state index >= 15 is 8.78 Å². The number of aliphatic hydroxyl groups is 1. The number of hydrogen-bond donors (Lipinski definition) is 2. The maximum absolute atomic E-state index is 15.1. The molecule has 9 heteroatoms. The number of methoxy groups -OCH3 is 1.